The van der Waals surface area contributed by atoms with E-state index in [1.165, 1.54) is 0 Å². The summed E-state index contributed by atoms with van der Waals surface area (Å²) in [5.41, 5.74) is 5.39. The Hall–Kier alpha value is -0.0900. The second kappa shape index (κ2) is 6.43. The van der Waals surface area contributed by atoms with Crippen molar-refractivity contribution in [3.8, 4) is 0 Å². The topological polar surface area (TPSA) is 46.3 Å². The van der Waals surface area contributed by atoms with Crippen molar-refractivity contribution in [1.29, 1.82) is 0 Å². The minimum Gasteiger partial charge on any atom is -0.340 e. The van der Waals surface area contributed by atoms with E-state index in [1.807, 2.05) is 0 Å². The number of nitrogens with two attached hydrogens (primary N) is 1. The van der Waals surface area contributed by atoms with Crippen LogP contribution in [0.15, 0.2) is 0 Å². The van der Waals surface area contributed by atoms with E-state index < -0.39 is 0 Å². The number of carbonyl (C=O) groups excluding carboxylic acids is 1. The summed E-state index contributed by atoms with van der Waals surface area (Å²) in [4.78, 5) is 13.1. The zero-order valence-corrected chi connectivity index (χ0v) is 9.30. The lowest BCUT2D eigenvalue weighted by molar-refractivity contribution is -0.128. The van der Waals surface area contributed by atoms with Crippen LogP contribution in [0.5, 0.6) is 0 Å². The molecule has 0 bridgehead atoms. The van der Waals surface area contributed by atoms with Gasteiger partial charge in [-0.2, -0.15) is 0 Å². The first kappa shape index (κ1) is 11.9. The number of halogens is 1. The third-order valence-electron chi connectivity index (χ3n) is 1.45. The van der Waals surface area contributed by atoms with E-state index in [-0.39, 0.29) is 5.91 Å². The van der Waals surface area contributed by atoms with Crippen molar-refractivity contribution in [2.75, 3.05) is 25.0 Å². The van der Waals surface area contributed by atoms with Crippen LogP contribution in [0.4, 0.5) is 0 Å². The van der Waals surface area contributed by atoms with Crippen LogP contribution < -0.4 is 5.73 Å². The molecule has 0 aromatic heterocycles. The van der Waals surface area contributed by atoms with Gasteiger partial charge in [0.1, 0.15) is 0 Å². The van der Waals surface area contributed by atoms with Crippen molar-refractivity contribution in [2.24, 2.45) is 11.7 Å². The molecule has 0 aliphatic heterocycles. The average molecular weight is 237 g/mol. The molecule has 0 aliphatic carbocycles. The van der Waals surface area contributed by atoms with E-state index in [0.717, 1.165) is 6.54 Å². The molecule has 0 unspecified atom stereocenters. The van der Waals surface area contributed by atoms with Gasteiger partial charge in [0.2, 0.25) is 5.91 Å². The van der Waals surface area contributed by atoms with Crippen molar-refractivity contribution in [3.63, 3.8) is 0 Å². The minimum absolute atomic E-state index is 0.120. The molecule has 12 heavy (non-hydrogen) atoms. The summed E-state index contributed by atoms with van der Waals surface area (Å²) in [5.74, 6) is 0.619. The number of rotatable bonds is 5. The van der Waals surface area contributed by atoms with E-state index in [9.17, 15) is 4.79 Å². The van der Waals surface area contributed by atoms with Gasteiger partial charge in [-0.25, -0.2) is 0 Å². The maximum atomic E-state index is 11.3. The molecule has 0 aromatic rings. The molecule has 0 spiro atoms. The molecule has 0 aliphatic rings. The number of nitrogens with zero attached hydrogens (tertiary/aromatic N) is 1. The zero-order chi connectivity index (χ0) is 9.56. The fraction of sp³-hybridized carbons (Fsp3) is 0.875. The predicted molar refractivity (Wildman–Crippen MR) is 54.3 cm³/mol. The van der Waals surface area contributed by atoms with Crippen LogP contribution in [0.2, 0.25) is 0 Å². The summed E-state index contributed by atoms with van der Waals surface area (Å²) in [6.45, 7) is 6.16. The Balaban J connectivity index is 3.94. The van der Waals surface area contributed by atoms with Gasteiger partial charge in [-0.3, -0.25) is 4.79 Å². The lowest BCUT2D eigenvalue weighted by Gasteiger charge is -2.22. The largest absolute Gasteiger partial charge is 0.340 e. The number of alkyl halides is 1. The Morgan fingerprint density at radius 1 is 1.58 bits per heavy atom. The number of hydrogen-bond acceptors (Lipinski definition) is 2. The molecule has 0 aromatic carbocycles. The normalized spacial score (nSPS) is 10.4. The average Bonchev–Trinajstić information content (AvgIpc) is 2.01. The summed E-state index contributed by atoms with van der Waals surface area (Å²) in [7, 11) is 0. The monoisotopic (exact) mass is 236 g/mol. The highest BCUT2D eigenvalue weighted by Gasteiger charge is 2.11. The molecule has 1 amide bonds. The third kappa shape index (κ3) is 4.72. The zero-order valence-electron chi connectivity index (χ0n) is 7.72. The Kier molecular flexibility index (Phi) is 6.38. The van der Waals surface area contributed by atoms with Gasteiger partial charge in [-0.05, 0) is 5.92 Å². The quantitative estimate of drug-likeness (QED) is 0.720. The number of carbonyl (C=O) groups is 1. The molecule has 0 atom stereocenters. The van der Waals surface area contributed by atoms with Gasteiger partial charge in [0, 0.05) is 19.6 Å². The van der Waals surface area contributed by atoms with Gasteiger partial charge in [-0.1, -0.05) is 29.8 Å². The molecule has 2 N–H and O–H groups in total. The Morgan fingerprint density at radius 2 is 2.17 bits per heavy atom. The van der Waals surface area contributed by atoms with Gasteiger partial charge in [0.15, 0.2) is 0 Å². The molecule has 0 radical (unpaired) electrons. The first-order chi connectivity index (χ1) is 5.61. The van der Waals surface area contributed by atoms with Crippen LogP contribution in [-0.2, 0) is 4.79 Å². The van der Waals surface area contributed by atoms with Gasteiger partial charge >= 0.3 is 0 Å². The van der Waals surface area contributed by atoms with Crippen LogP contribution in [0, 0.1) is 5.92 Å². The first-order valence-electron chi connectivity index (χ1n) is 4.15. The Morgan fingerprint density at radius 3 is 2.50 bits per heavy atom. The highest BCUT2D eigenvalue weighted by molar-refractivity contribution is 9.09. The summed E-state index contributed by atoms with van der Waals surface area (Å²) in [6.07, 6.45) is 0. The summed E-state index contributed by atoms with van der Waals surface area (Å²) in [6, 6.07) is 0. The van der Waals surface area contributed by atoms with Crippen LogP contribution in [0.3, 0.4) is 0 Å². The molecule has 0 fully saturated rings. The Bertz CT molecular complexity index is 139. The first-order valence-corrected chi connectivity index (χ1v) is 5.27. The fourth-order valence-electron chi connectivity index (χ4n) is 0.999. The van der Waals surface area contributed by atoms with Crippen LogP contribution in [-0.4, -0.2) is 35.8 Å². The second-order valence-corrected chi connectivity index (χ2v) is 3.72. The van der Waals surface area contributed by atoms with Crippen molar-refractivity contribution in [3.05, 3.63) is 0 Å². The van der Waals surface area contributed by atoms with Gasteiger partial charge in [0.25, 0.3) is 0 Å². The number of amides is 1. The molecule has 4 heteroatoms. The van der Waals surface area contributed by atoms with Crippen molar-refractivity contribution in [2.45, 2.75) is 13.8 Å². The van der Waals surface area contributed by atoms with E-state index in [2.05, 4.69) is 29.8 Å². The van der Waals surface area contributed by atoms with Crippen molar-refractivity contribution in [1.82, 2.24) is 4.90 Å². The molecule has 0 saturated carbocycles. The number of hydrogen-bond donors (Lipinski definition) is 1. The van der Waals surface area contributed by atoms with Gasteiger partial charge in [-0.15, -0.1) is 0 Å². The summed E-state index contributed by atoms with van der Waals surface area (Å²) >= 11 is 3.14. The van der Waals surface area contributed by atoms with Gasteiger partial charge < -0.3 is 10.6 Å². The fourth-order valence-corrected chi connectivity index (χ4v) is 1.35. The van der Waals surface area contributed by atoms with Crippen LogP contribution in [0.1, 0.15) is 13.8 Å². The smallest absolute Gasteiger partial charge is 0.233 e. The molecule has 0 saturated heterocycles. The van der Waals surface area contributed by atoms with Crippen molar-refractivity contribution < 1.29 is 4.79 Å². The molecular formula is C8H17BrN2O. The SMILES string of the molecule is CC(C)CN(CCN)C(=O)CBr. The summed E-state index contributed by atoms with van der Waals surface area (Å²) < 4.78 is 0. The minimum atomic E-state index is 0.120. The molecule has 0 heterocycles. The van der Waals surface area contributed by atoms with E-state index in [4.69, 9.17) is 5.73 Å². The predicted octanol–water partition coefficient (Wildman–Crippen LogP) is 0.825. The molecule has 0 rings (SSSR count). The maximum Gasteiger partial charge on any atom is 0.233 e. The van der Waals surface area contributed by atoms with E-state index in [0.29, 0.717) is 24.3 Å². The lowest BCUT2D eigenvalue weighted by atomic mass is 10.2. The maximum absolute atomic E-state index is 11.3. The highest BCUT2D eigenvalue weighted by Crippen LogP contribution is 2.00. The third-order valence-corrected chi connectivity index (χ3v) is 1.93. The molecule has 3 nitrogen and oxygen atoms in total. The second-order valence-electron chi connectivity index (χ2n) is 3.16. The lowest BCUT2D eigenvalue weighted by Crippen LogP contribution is -2.38. The van der Waals surface area contributed by atoms with E-state index in [1.54, 1.807) is 4.90 Å². The standard InChI is InChI=1S/C8H17BrN2O/c1-7(2)6-11(4-3-10)8(12)5-9/h7H,3-6,10H2,1-2H3. The van der Waals surface area contributed by atoms with E-state index >= 15 is 0 Å². The Labute approximate surface area is 82.4 Å². The van der Waals surface area contributed by atoms with Crippen LogP contribution >= 0.6 is 15.9 Å². The van der Waals surface area contributed by atoms with Crippen LogP contribution in [0.25, 0.3) is 0 Å². The summed E-state index contributed by atoms with van der Waals surface area (Å²) in [5, 5.41) is 0.389. The van der Waals surface area contributed by atoms with Gasteiger partial charge in [0.05, 0.1) is 5.33 Å². The highest BCUT2D eigenvalue weighted by atomic mass is 79.9. The van der Waals surface area contributed by atoms with Crippen molar-refractivity contribution >= 4 is 21.8 Å². The molecular weight excluding hydrogens is 220 g/mol. The molecule has 72 valence electrons.